The molecule has 0 aliphatic heterocycles. The van der Waals surface area contributed by atoms with Gasteiger partial charge in [-0.15, -0.1) is 0 Å². The van der Waals surface area contributed by atoms with Crippen LogP contribution >= 0.6 is 0 Å². The van der Waals surface area contributed by atoms with Gasteiger partial charge in [-0.1, -0.05) is 0 Å². The standard InChI is InChI=1S/C12H24N4O2/c1-4-17-12(18-5-2)11(15-13)7-6-10-8-14-16(3)9-10/h8-9,11-12,15H,4-7,13H2,1-3H3. The minimum absolute atomic E-state index is 0.0230. The second-order valence-corrected chi connectivity index (χ2v) is 4.11. The molecule has 1 aromatic heterocycles. The maximum absolute atomic E-state index is 5.57. The second kappa shape index (κ2) is 8.20. The van der Waals surface area contributed by atoms with Gasteiger partial charge in [-0.2, -0.15) is 5.10 Å². The number of aryl methyl sites for hydroxylation is 2. The van der Waals surface area contributed by atoms with Crippen LogP contribution in [0.1, 0.15) is 25.8 Å². The lowest BCUT2D eigenvalue weighted by molar-refractivity contribution is -0.155. The molecule has 3 N–H and O–H groups in total. The van der Waals surface area contributed by atoms with Crippen LogP contribution in [-0.4, -0.2) is 35.3 Å². The Hall–Kier alpha value is -0.950. The number of nitrogens with one attached hydrogen (secondary N) is 1. The van der Waals surface area contributed by atoms with Crippen molar-refractivity contribution < 1.29 is 9.47 Å². The molecule has 0 aliphatic carbocycles. The predicted molar refractivity (Wildman–Crippen MR) is 69.7 cm³/mol. The van der Waals surface area contributed by atoms with Gasteiger partial charge in [-0.05, 0) is 32.3 Å². The van der Waals surface area contributed by atoms with E-state index in [4.69, 9.17) is 15.3 Å². The first-order chi connectivity index (χ1) is 8.71. The van der Waals surface area contributed by atoms with Crippen LogP contribution in [0.2, 0.25) is 0 Å². The average molecular weight is 256 g/mol. The molecule has 0 bridgehead atoms. The summed E-state index contributed by atoms with van der Waals surface area (Å²) in [7, 11) is 1.91. The van der Waals surface area contributed by atoms with Crippen LogP contribution in [0.3, 0.4) is 0 Å². The molecule has 0 saturated heterocycles. The van der Waals surface area contributed by atoms with E-state index in [9.17, 15) is 0 Å². The molecule has 1 aromatic rings. The minimum Gasteiger partial charge on any atom is -0.351 e. The van der Waals surface area contributed by atoms with Gasteiger partial charge < -0.3 is 9.47 Å². The van der Waals surface area contributed by atoms with Crippen LogP contribution in [0.4, 0.5) is 0 Å². The van der Waals surface area contributed by atoms with E-state index in [-0.39, 0.29) is 12.3 Å². The van der Waals surface area contributed by atoms with Gasteiger partial charge in [0.15, 0.2) is 6.29 Å². The van der Waals surface area contributed by atoms with Crippen LogP contribution in [0.25, 0.3) is 0 Å². The third-order valence-corrected chi connectivity index (χ3v) is 2.71. The van der Waals surface area contributed by atoms with Crippen molar-refractivity contribution in [3.8, 4) is 0 Å². The molecular formula is C12H24N4O2. The predicted octanol–water partition coefficient (Wildman–Crippen LogP) is 0.584. The fraction of sp³-hybridized carbons (Fsp3) is 0.750. The molecule has 0 fully saturated rings. The monoisotopic (exact) mass is 256 g/mol. The Morgan fingerprint density at radius 3 is 2.50 bits per heavy atom. The molecule has 6 nitrogen and oxygen atoms in total. The maximum Gasteiger partial charge on any atom is 0.174 e. The smallest absolute Gasteiger partial charge is 0.174 e. The van der Waals surface area contributed by atoms with E-state index >= 15 is 0 Å². The van der Waals surface area contributed by atoms with Gasteiger partial charge in [-0.25, -0.2) is 0 Å². The van der Waals surface area contributed by atoms with Gasteiger partial charge in [-0.3, -0.25) is 16.0 Å². The highest BCUT2D eigenvalue weighted by atomic mass is 16.7. The lowest BCUT2D eigenvalue weighted by atomic mass is 10.1. The van der Waals surface area contributed by atoms with Crippen LogP contribution in [0.5, 0.6) is 0 Å². The summed E-state index contributed by atoms with van der Waals surface area (Å²) < 4.78 is 12.9. The number of hydrogen-bond acceptors (Lipinski definition) is 5. The quantitative estimate of drug-likeness (QED) is 0.384. The summed E-state index contributed by atoms with van der Waals surface area (Å²) >= 11 is 0. The summed E-state index contributed by atoms with van der Waals surface area (Å²) in [6, 6.07) is -0.0230. The number of aromatic nitrogens is 2. The Balaban J connectivity index is 2.48. The summed E-state index contributed by atoms with van der Waals surface area (Å²) in [5.41, 5.74) is 3.96. The van der Waals surface area contributed by atoms with Crippen molar-refractivity contribution in [2.24, 2.45) is 12.9 Å². The zero-order valence-corrected chi connectivity index (χ0v) is 11.4. The molecule has 1 heterocycles. The van der Waals surface area contributed by atoms with E-state index < -0.39 is 0 Å². The Kier molecular flexibility index (Phi) is 6.89. The Morgan fingerprint density at radius 2 is 2.06 bits per heavy atom. The van der Waals surface area contributed by atoms with E-state index in [1.165, 1.54) is 5.56 Å². The summed E-state index contributed by atoms with van der Waals surface area (Å²) in [6.07, 6.45) is 5.29. The second-order valence-electron chi connectivity index (χ2n) is 4.11. The summed E-state index contributed by atoms with van der Waals surface area (Å²) in [4.78, 5) is 0. The Morgan fingerprint density at radius 1 is 1.39 bits per heavy atom. The molecule has 0 radical (unpaired) electrons. The van der Waals surface area contributed by atoms with Crippen molar-refractivity contribution in [3.63, 3.8) is 0 Å². The summed E-state index contributed by atoms with van der Waals surface area (Å²) in [6.45, 7) is 5.10. The summed E-state index contributed by atoms with van der Waals surface area (Å²) in [5, 5.41) is 4.14. The molecule has 0 aromatic carbocycles. The molecule has 0 amide bonds. The maximum atomic E-state index is 5.57. The molecule has 0 spiro atoms. The number of ether oxygens (including phenoxy) is 2. The van der Waals surface area contributed by atoms with Gasteiger partial charge >= 0.3 is 0 Å². The van der Waals surface area contributed by atoms with Gasteiger partial charge in [0.2, 0.25) is 0 Å². The molecule has 1 atom stereocenters. The van der Waals surface area contributed by atoms with E-state index in [0.29, 0.717) is 13.2 Å². The first-order valence-corrected chi connectivity index (χ1v) is 6.38. The molecule has 1 rings (SSSR count). The van der Waals surface area contributed by atoms with Gasteiger partial charge in [0.1, 0.15) is 0 Å². The van der Waals surface area contributed by atoms with E-state index in [1.54, 1.807) is 4.68 Å². The number of hydrazine groups is 1. The molecule has 104 valence electrons. The third kappa shape index (κ3) is 4.73. The van der Waals surface area contributed by atoms with Gasteiger partial charge in [0.05, 0.1) is 12.2 Å². The van der Waals surface area contributed by atoms with Gasteiger partial charge in [0, 0.05) is 26.5 Å². The topological polar surface area (TPSA) is 74.3 Å². The van der Waals surface area contributed by atoms with Gasteiger partial charge in [0.25, 0.3) is 0 Å². The van der Waals surface area contributed by atoms with Crippen molar-refractivity contribution in [2.75, 3.05) is 13.2 Å². The lowest BCUT2D eigenvalue weighted by Crippen LogP contribution is -2.46. The number of nitrogens with two attached hydrogens (primary N) is 1. The van der Waals surface area contributed by atoms with Crippen molar-refractivity contribution in [3.05, 3.63) is 18.0 Å². The third-order valence-electron chi connectivity index (χ3n) is 2.71. The van der Waals surface area contributed by atoms with Crippen LogP contribution in [0.15, 0.2) is 12.4 Å². The van der Waals surface area contributed by atoms with Crippen LogP contribution in [-0.2, 0) is 22.9 Å². The SMILES string of the molecule is CCOC(OCC)C(CCc1cnn(C)c1)NN. The first kappa shape index (κ1) is 15.1. The highest BCUT2D eigenvalue weighted by molar-refractivity contribution is 5.04. The lowest BCUT2D eigenvalue weighted by Gasteiger charge is -2.25. The largest absolute Gasteiger partial charge is 0.351 e. The fourth-order valence-corrected chi connectivity index (χ4v) is 1.83. The highest BCUT2D eigenvalue weighted by Gasteiger charge is 2.21. The number of nitrogens with zero attached hydrogens (tertiary/aromatic N) is 2. The zero-order valence-electron chi connectivity index (χ0n) is 11.4. The van der Waals surface area contributed by atoms with E-state index in [2.05, 4.69) is 10.5 Å². The van der Waals surface area contributed by atoms with Crippen molar-refractivity contribution >= 4 is 0 Å². The Bertz CT molecular complexity index is 324. The first-order valence-electron chi connectivity index (χ1n) is 6.38. The van der Waals surface area contributed by atoms with Crippen LogP contribution < -0.4 is 11.3 Å². The molecular weight excluding hydrogens is 232 g/mol. The highest BCUT2D eigenvalue weighted by Crippen LogP contribution is 2.10. The Labute approximate surface area is 108 Å². The van der Waals surface area contributed by atoms with E-state index in [0.717, 1.165) is 12.8 Å². The number of hydrogen-bond donors (Lipinski definition) is 2. The van der Waals surface area contributed by atoms with Crippen molar-refractivity contribution in [2.45, 2.75) is 39.0 Å². The van der Waals surface area contributed by atoms with Crippen molar-refractivity contribution in [1.82, 2.24) is 15.2 Å². The van der Waals surface area contributed by atoms with E-state index in [1.807, 2.05) is 33.3 Å². The molecule has 18 heavy (non-hydrogen) atoms. The number of rotatable bonds is 9. The summed E-state index contributed by atoms with van der Waals surface area (Å²) in [5.74, 6) is 5.57. The molecule has 0 aliphatic rings. The molecule has 6 heteroatoms. The average Bonchev–Trinajstić information content (AvgIpc) is 2.76. The minimum atomic E-state index is -0.304. The fourth-order valence-electron chi connectivity index (χ4n) is 1.83. The normalized spacial score (nSPS) is 13.2. The molecule has 1 unspecified atom stereocenters. The van der Waals surface area contributed by atoms with Crippen molar-refractivity contribution in [1.29, 1.82) is 0 Å². The van der Waals surface area contributed by atoms with Crippen LogP contribution in [0, 0.1) is 0 Å². The molecule has 0 saturated carbocycles. The zero-order chi connectivity index (χ0) is 13.4.